The van der Waals surface area contributed by atoms with Gasteiger partial charge in [0, 0.05) is 36.1 Å². The van der Waals surface area contributed by atoms with E-state index in [1.807, 2.05) is 0 Å². The number of rotatable bonds is 7. The van der Waals surface area contributed by atoms with Gasteiger partial charge in [0.1, 0.15) is 17.7 Å². The van der Waals surface area contributed by atoms with E-state index < -0.39 is 30.3 Å². The first-order valence-corrected chi connectivity index (χ1v) is 12.8. The van der Waals surface area contributed by atoms with E-state index in [0.717, 1.165) is 4.31 Å². The van der Waals surface area contributed by atoms with Crippen LogP contribution in [0.2, 0.25) is 10.0 Å². The second kappa shape index (κ2) is 8.90. The molecule has 1 heterocycles. The monoisotopic (exact) mass is 504 g/mol. The maximum Gasteiger partial charge on any atom is 0.327 e. The van der Waals surface area contributed by atoms with Crippen LogP contribution < -0.4 is 9.21 Å². The molecule has 3 aromatic rings. The molecule has 0 aliphatic rings. The summed E-state index contributed by atoms with van der Waals surface area (Å²) in [5.41, 5.74) is 0.455. The van der Waals surface area contributed by atoms with Gasteiger partial charge in [-0.1, -0.05) is 29.3 Å². The van der Waals surface area contributed by atoms with Gasteiger partial charge < -0.3 is 14.7 Å². The van der Waals surface area contributed by atoms with E-state index in [1.54, 1.807) is 31.1 Å². The summed E-state index contributed by atoms with van der Waals surface area (Å²) in [5.74, 6) is 0.560. The molecule has 0 spiro atoms. The molecule has 0 bridgehead atoms. The van der Waals surface area contributed by atoms with Crippen LogP contribution in [0.4, 0.5) is 11.5 Å². The quantitative estimate of drug-likeness (QED) is 0.469. The minimum absolute atomic E-state index is 0.108. The van der Waals surface area contributed by atoms with Crippen LogP contribution in [0, 0.1) is 0 Å². The van der Waals surface area contributed by atoms with E-state index >= 15 is 0 Å². The van der Waals surface area contributed by atoms with Crippen LogP contribution in [-0.4, -0.2) is 55.0 Å². The molecule has 0 fully saturated rings. The molecule has 166 valence electrons. The van der Waals surface area contributed by atoms with E-state index in [4.69, 9.17) is 23.2 Å². The highest BCUT2D eigenvalue weighted by Gasteiger charge is 2.30. The van der Waals surface area contributed by atoms with Gasteiger partial charge in [0.05, 0.1) is 16.7 Å². The number of aromatic nitrogens is 2. The third-order valence-corrected chi connectivity index (χ3v) is 7.34. The lowest BCUT2D eigenvalue weighted by Gasteiger charge is -2.26. The third-order valence-electron chi connectivity index (χ3n) is 4.33. The molecule has 31 heavy (non-hydrogen) atoms. The molecule has 9 nitrogen and oxygen atoms in total. The number of anilines is 2. The number of halogens is 2. The topological polar surface area (TPSA) is 124 Å². The largest absolute Gasteiger partial charge is 0.362 e. The maximum atomic E-state index is 13.5. The number of para-hydroxylation sites is 1. The van der Waals surface area contributed by atoms with Crippen molar-refractivity contribution in [3.63, 3.8) is 0 Å². The standard InChI is InChI=1S/C18H19Cl2N4O5PS/c1-23(2)18-15-4-3-5-16(17(15)21-11-22-18)24(6-7-30(25,26)27)31(28,29)14-9-12(19)8-13(20)10-14/h3-5,8-11H,6-7H2,1-2H3,(H2,25,26,27). The smallest absolute Gasteiger partial charge is 0.327 e. The molecule has 0 aliphatic heterocycles. The van der Waals surface area contributed by atoms with Crippen molar-refractivity contribution in [1.82, 2.24) is 9.97 Å². The van der Waals surface area contributed by atoms with E-state index in [-0.39, 0.29) is 20.6 Å². The molecule has 0 radical (unpaired) electrons. The Morgan fingerprint density at radius 1 is 1.06 bits per heavy atom. The molecule has 1 aromatic heterocycles. The molecule has 3 rings (SSSR count). The molecule has 0 aliphatic carbocycles. The summed E-state index contributed by atoms with van der Waals surface area (Å²) in [6.45, 7) is -0.489. The van der Waals surface area contributed by atoms with Crippen LogP contribution in [0.15, 0.2) is 47.6 Å². The molecule has 13 heteroatoms. The Labute approximate surface area is 189 Å². The van der Waals surface area contributed by atoms with Crippen LogP contribution in [0.5, 0.6) is 0 Å². The molecule has 0 amide bonds. The van der Waals surface area contributed by atoms with Crippen molar-refractivity contribution in [2.75, 3.05) is 36.0 Å². The number of fused-ring (bicyclic) bond motifs is 1. The summed E-state index contributed by atoms with van der Waals surface area (Å²) in [5, 5.41) is 0.790. The van der Waals surface area contributed by atoms with Crippen molar-refractivity contribution in [3.05, 3.63) is 52.8 Å². The Morgan fingerprint density at radius 3 is 2.29 bits per heavy atom. The summed E-state index contributed by atoms with van der Waals surface area (Å²) in [6, 6.07) is 8.70. The van der Waals surface area contributed by atoms with E-state index in [0.29, 0.717) is 16.7 Å². The van der Waals surface area contributed by atoms with Crippen molar-refractivity contribution >= 4 is 63.2 Å². The Hall–Kier alpha value is -1.94. The fraction of sp³-hybridized carbons (Fsp3) is 0.222. The normalized spacial score (nSPS) is 12.2. The Morgan fingerprint density at radius 2 is 1.71 bits per heavy atom. The molecular weight excluding hydrogens is 486 g/mol. The molecule has 2 N–H and O–H groups in total. The summed E-state index contributed by atoms with van der Waals surface area (Å²) < 4.78 is 39.5. The second-order valence-electron chi connectivity index (χ2n) is 6.84. The van der Waals surface area contributed by atoms with Gasteiger partial charge in [0.15, 0.2) is 0 Å². The maximum absolute atomic E-state index is 13.5. The summed E-state index contributed by atoms with van der Waals surface area (Å²) in [4.78, 5) is 28.8. The number of hydrogen-bond acceptors (Lipinski definition) is 6. The summed E-state index contributed by atoms with van der Waals surface area (Å²) in [7, 11) is -5.24. The Kier molecular flexibility index (Phi) is 6.81. The van der Waals surface area contributed by atoms with Crippen LogP contribution >= 0.6 is 30.8 Å². The zero-order valence-corrected chi connectivity index (χ0v) is 19.7. The summed E-state index contributed by atoms with van der Waals surface area (Å²) in [6.07, 6.45) is 0.605. The van der Waals surface area contributed by atoms with Crippen molar-refractivity contribution in [1.29, 1.82) is 0 Å². The van der Waals surface area contributed by atoms with Gasteiger partial charge in [-0.05, 0) is 30.3 Å². The SMILES string of the molecule is CN(C)c1ncnc2c(N(CCP(=O)(O)O)S(=O)(=O)c3cc(Cl)cc(Cl)c3)cccc12. The van der Waals surface area contributed by atoms with E-state index in [9.17, 15) is 22.8 Å². The Bertz CT molecular complexity index is 1260. The summed E-state index contributed by atoms with van der Waals surface area (Å²) >= 11 is 12.0. The van der Waals surface area contributed by atoms with E-state index in [1.165, 1.54) is 30.6 Å². The lowest BCUT2D eigenvalue weighted by Crippen LogP contribution is -2.34. The zero-order valence-electron chi connectivity index (χ0n) is 16.5. The van der Waals surface area contributed by atoms with Gasteiger partial charge >= 0.3 is 7.60 Å². The fourth-order valence-corrected chi connectivity index (χ4v) is 5.81. The third kappa shape index (κ3) is 5.28. The molecule has 0 unspecified atom stereocenters. The first kappa shape index (κ1) is 23.7. The van der Waals surface area contributed by atoms with Gasteiger partial charge in [-0.25, -0.2) is 18.4 Å². The number of nitrogens with zero attached hydrogens (tertiary/aromatic N) is 4. The average Bonchev–Trinajstić information content (AvgIpc) is 2.65. The molecule has 0 saturated heterocycles. The van der Waals surface area contributed by atoms with Crippen LogP contribution in [-0.2, 0) is 14.6 Å². The van der Waals surface area contributed by atoms with E-state index in [2.05, 4.69) is 9.97 Å². The van der Waals surface area contributed by atoms with Gasteiger partial charge in [0.2, 0.25) is 0 Å². The van der Waals surface area contributed by atoms with Gasteiger partial charge in [0.25, 0.3) is 10.0 Å². The van der Waals surface area contributed by atoms with Crippen molar-refractivity contribution < 1.29 is 22.8 Å². The lowest BCUT2D eigenvalue weighted by molar-refractivity contribution is 0.373. The first-order chi connectivity index (χ1) is 14.4. The van der Waals surface area contributed by atoms with Crippen molar-refractivity contribution in [3.8, 4) is 0 Å². The van der Waals surface area contributed by atoms with Crippen molar-refractivity contribution in [2.45, 2.75) is 4.90 Å². The second-order valence-corrected chi connectivity index (χ2v) is 11.3. The minimum atomic E-state index is -4.51. The predicted octanol–water partition coefficient (Wildman–Crippen LogP) is 3.38. The van der Waals surface area contributed by atoms with Crippen LogP contribution in [0.1, 0.15) is 0 Å². The van der Waals surface area contributed by atoms with Crippen LogP contribution in [0.25, 0.3) is 10.9 Å². The Balaban J connectivity index is 2.25. The fourth-order valence-electron chi connectivity index (χ4n) is 3.01. The molecule has 2 aromatic carbocycles. The highest BCUT2D eigenvalue weighted by Crippen LogP contribution is 2.38. The molecular formula is C18H19Cl2N4O5PS. The number of sulfonamides is 1. The minimum Gasteiger partial charge on any atom is -0.362 e. The van der Waals surface area contributed by atoms with Crippen molar-refractivity contribution in [2.24, 2.45) is 0 Å². The highest BCUT2D eigenvalue weighted by molar-refractivity contribution is 7.92. The highest BCUT2D eigenvalue weighted by atomic mass is 35.5. The number of benzene rings is 2. The molecule has 0 saturated carbocycles. The predicted molar refractivity (Wildman–Crippen MR) is 122 cm³/mol. The first-order valence-electron chi connectivity index (χ1n) is 8.84. The average molecular weight is 505 g/mol. The lowest BCUT2D eigenvalue weighted by atomic mass is 10.2. The zero-order chi connectivity index (χ0) is 23.0. The van der Waals surface area contributed by atoms with Gasteiger partial charge in [-0.3, -0.25) is 8.87 Å². The number of hydrogen-bond donors (Lipinski definition) is 2. The van der Waals surface area contributed by atoms with Crippen LogP contribution in [0.3, 0.4) is 0 Å². The van der Waals surface area contributed by atoms with Gasteiger partial charge in [-0.15, -0.1) is 0 Å². The van der Waals surface area contributed by atoms with Gasteiger partial charge in [-0.2, -0.15) is 0 Å². The molecule has 0 atom stereocenters.